The van der Waals surface area contributed by atoms with Crippen LogP contribution in [0.3, 0.4) is 0 Å². The lowest BCUT2D eigenvalue weighted by Crippen LogP contribution is -2.35. The van der Waals surface area contributed by atoms with E-state index >= 15 is 0 Å². The molecule has 0 aliphatic heterocycles. The van der Waals surface area contributed by atoms with E-state index in [1.54, 1.807) is 24.3 Å². The molecular weight excluding hydrogens is 461 g/mol. The number of carbonyl (C=O) groups excluding carboxylic acids is 2. The molecule has 3 aromatic rings. The zero-order valence-corrected chi connectivity index (χ0v) is 19.2. The fourth-order valence-corrected chi connectivity index (χ4v) is 3.43. The first kappa shape index (κ1) is 25.7. The molecule has 184 valence electrons. The number of aromatic nitrogens is 2. The normalized spacial score (nSPS) is 12.1. The number of Topliss-reactive ketones (excluding diaryl/α,β-unsaturated/α-hetero) is 1. The summed E-state index contributed by atoms with van der Waals surface area (Å²) < 4.78 is 45.0. The zero-order chi connectivity index (χ0) is 25.6. The Labute approximate surface area is 200 Å². The van der Waals surface area contributed by atoms with Crippen LogP contribution < -0.4 is 15.8 Å². The molecule has 0 saturated carbocycles. The zero-order valence-electron chi connectivity index (χ0n) is 19.2. The molecule has 2 aromatic carbocycles. The number of rotatable bonds is 10. The monoisotopic (exact) mass is 486 g/mol. The van der Waals surface area contributed by atoms with Crippen molar-refractivity contribution in [3.8, 4) is 11.6 Å². The summed E-state index contributed by atoms with van der Waals surface area (Å²) in [6.45, 7) is 3.20. The van der Waals surface area contributed by atoms with E-state index in [0.717, 1.165) is 6.07 Å². The number of nitrogens with two attached hydrogens (primary N) is 1. The summed E-state index contributed by atoms with van der Waals surface area (Å²) >= 11 is 0. The van der Waals surface area contributed by atoms with Gasteiger partial charge in [0.1, 0.15) is 29.7 Å². The molecule has 3 rings (SSSR count). The highest BCUT2D eigenvalue weighted by molar-refractivity contribution is 5.83. The molecule has 0 fully saturated rings. The van der Waals surface area contributed by atoms with E-state index in [4.69, 9.17) is 10.5 Å². The number of ketones is 1. The number of nitrogens with zero attached hydrogens (tertiary/aromatic N) is 2. The van der Waals surface area contributed by atoms with Gasteiger partial charge in [-0.05, 0) is 48.2 Å². The van der Waals surface area contributed by atoms with Crippen molar-refractivity contribution in [3.05, 3.63) is 77.1 Å². The van der Waals surface area contributed by atoms with Crippen LogP contribution in [0.2, 0.25) is 0 Å². The van der Waals surface area contributed by atoms with Crippen LogP contribution in [-0.4, -0.2) is 27.7 Å². The lowest BCUT2D eigenvalue weighted by atomic mass is 9.99. The van der Waals surface area contributed by atoms with E-state index in [9.17, 15) is 22.8 Å². The van der Waals surface area contributed by atoms with Crippen LogP contribution in [0, 0.1) is 6.92 Å². The van der Waals surface area contributed by atoms with Crippen molar-refractivity contribution in [1.82, 2.24) is 9.97 Å². The van der Waals surface area contributed by atoms with Crippen molar-refractivity contribution in [2.24, 2.45) is 5.73 Å². The molecule has 0 spiro atoms. The van der Waals surface area contributed by atoms with E-state index in [1.165, 1.54) is 31.5 Å². The SMILES string of the molecule is CCC(Nc1cc(Oc2ccc(CC(=O)Cc3ccc(C)c(C(F)(F)F)c3)cc2)ncn1)C(N)=O. The third-order valence-corrected chi connectivity index (χ3v) is 5.27. The van der Waals surface area contributed by atoms with Crippen LogP contribution in [0.5, 0.6) is 11.6 Å². The highest BCUT2D eigenvalue weighted by atomic mass is 19.4. The predicted molar refractivity (Wildman–Crippen MR) is 124 cm³/mol. The van der Waals surface area contributed by atoms with Gasteiger partial charge in [0.05, 0.1) is 5.56 Å². The molecule has 0 saturated heterocycles. The Bertz CT molecular complexity index is 1200. The summed E-state index contributed by atoms with van der Waals surface area (Å²) in [4.78, 5) is 31.9. The van der Waals surface area contributed by atoms with Gasteiger partial charge < -0.3 is 15.8 Å². The van der Waals surface area contributed by atoms with Gasteiger partial charge in [-0.15, -0.1) is 0 Å². The van der Waals surface area contributed by atoms with Crippen LogP contribution in [0.15, 0.2) is 54.9 Å². The fraction of sp³-hybridized carbons (Fsp3) is 0.280. The van der Waals surface area contributed by atoms with E-state index in [2.05, 4.69) is 15.3 Å². The number of anilines is 1. The molecule has 1 atom stereocenters. The van der Waals surface area contributed by atoms with Crippen molar-refractivity contribution in [2.75, 3.05) is 5.32 Å². The molecule has 1 aromatic heterocycles. The van der Waals surface area contributed by atoms with Crippen molar-refractivity contribution in [2.45, 2.75) is 45.3 Å². The fourth-order valence-electron chi connectivity index (χ4n) is 3.43. The first-order valence-corrected chi connectivity index (χ1v) is 10.9. The predicted octanol–water partition coefficient (Wildman–Crippen LogP) is 4.63. The first-order chi connectivity index (χ1) is 16.5. The summed E-state index contributed by atoms with van der Waals surface area (Å²) in [5.41, 5.74) is 5.74. The Hall–Kier alpha value is -3.95. The lowest BCUT2D eigenvalue weighted by Gasteiger charge is -2.14. The van der Waals surface area contributed by atoms with Gasteiger partial charge in [-0.1, -0.05) is 31.2 Å². The number of carbonyl (C=O) groups is 2. The van der Waals surface area contributed by atoms with Crippen LogP contribution in [0.4, 0.5) is 19.0 Å². The summed E-state index contributed by atoms with van der Waals surface area (Å²) in [5.74, 6) is 0.378. The molecule has 1 unspecified atom stereocenters. The highest BCUT2D eigenvalue weighted by Crippen LogP contribution is 2.32. The number of halogens is 3. The number of ether oxygens (including phenoxy) is 1. The molecule has 0 aliphatic carbocycles. The van der Waals surface area contributed by atoms with Gasteiger partial charge >= 0.3 is 6.18 Å². The summed E-state index contributed by atoms with van der Waals surface area (Å²) in [5, 5.41) is 2.91. The Morgan fingerprint density at radius 1 is 1.03 bits per heavy atom. The first-order valence-electron chi connectivity index (χ1n) is 10.9. The second kappa shape index (κ2) is 11.0. The number of aryl methyl sites for hydroxylation is 1. The minimum atomic E-state index is -4.46. The third kappa shape index (κ3) is 7.26. The maximum absolute atomic E-state index is 13.1. The number of primary amides is 1. The number of benzene rings is 2. The minimum absolute atomic E-state index is 0.0720. The topological polar surface area (TPSA) is 107 Å². The van der Waals surface area contributed by atoms with Crippen molar-refractivity contribution >= 4 is 17.5 Å². The van der Waals surface area contributed by atoms with E-state index in [1.807, 2.05) is 6.92 Å². The third-order valence-electron chi connectivity index (χ3n) is 5.27. The van der Waals surface area contributed by atoms with Gasteiger partial charge in [0, 0.05) is 18.9 Å². The van der Waals surface area contributed by atoms with Crippen molar-refractivity contribution < 1.29 is 27.5 Å². The van der Waals surface area contributed by atoms with E-state index < -0.39 is 23.7 Å². The largest absolute Gasteiger partial charge is 0.439 e. The van der Waals surface area contributed by atoms with Gasteiger partial charge in [-0.2, -0.15) is 13.2 Å². The number of hydrogen-bond acceptors (Lipinski definition) is 6. The Kier molecular flexibility index (Phi) is 8.06. The highest BCUT2D eigenvalue weighted by Gasteiger charge is 2.32. The van der Waals surface area contributed by atoms with Gasteiger partial charge in [-0.3, -0.25) is 9.59 Å². The van der Waals surface area contributed by atoms with Gasteiger partial charge in [-0.25, -0.2) is 9.97 Å². The maximum Gasteiger partial charge on any atom is 0.416 e. The average molecular weight is 486 g/mol. The van der Waals surface area contributed by atoms with Crippen molar-refractivity contribution in [1.29, 1.82) is 0 Å². The van der Waals surface area contributed by atoms with E-state index in [0.29, 0.717) is 29.1 Å². The summed E-state index contributed by atoms with van der Waals surface area (Å²) in [6, 6.07) is 11.6. The Morgan fingerprint density at radius 3 is 2.31 bits per heavy atom. The molecule has 1 amide bonds. The number of hydrogen-bond donors (Lipinski definition) is 2. The minimum Gasteiger partial charge on any atom is -0.439 e. The molecular formula is C25H25F3N4O3. The number of alkyl halides is 3. The smallest absolute Gasteiger partial charge is 0.416 e. The molecule has 0 aliphatic rings. The number of nitrogens with one attached hydrogen (secondary N) is 1. The van der Waals surface area contributed by atoms with Crippen LogP contribution >= 0.6 is 0 Å². The number of amides is 1. The van der Waals surface area contributed by atoms with Gasteiger partial charge in [0.15, 0.2) is 0 Å². The molecule has 1 heterocycles. The quantitative estimate of drug-likeness (QED) is 0.433. The second-order valence-electron chi connectivity index (χ2n) is 8.03. The maximum atomic E-state index is 13.1. The lowest BCUT2D eigenvalue weighted by molar-refractivity contribution is -0.138. The molecule has 0 radical (unpaired) electrons. The van der Waals surface area contributed by atoms with Crippen LogP contribution in [-0.2, 0) is 28.6 Å². The molecule has 35 heavy (non-hydrogen) atoms. The van der Waals surface area contributed by atoms with E-state index in [-0.39, 0.29) is 30.1 Å². The Balaban J connectivity index is 1.60. The Morgan fingerprint density at radius 2 is 1.69 bits per heavy atom. The molecule has 7 nitrogen and oxygen atoms in total. The van der Waals surface area contributed by atoms with Crippen LogP contribution in [0.25, 0.3) is 0 Å². The second-order valence-corrected chi connectivity index (χ2v) is 8.03. The van der Waals surface area contributed by atoms with Crippen LogP contribution in [0.1, 0.15) is 35.6 Å². The van der Waals surface area contributed by atoms with Gasteiger partial charge in [0.25, 0.3) is 0 Å². The molecule has 3 N–H and O–H groups in total. The summed E-state index contributed by atoms with van der Waals surface area (Å²) in [6.07, 6.45) is -2.71. The molecule has 10 heteroatoms. The standard InChI is InChI=1S/C25H25F3N4O3/c1-3-21(24(29)34)32-22-13-23(31-14-30-22)35-19-8-6-16(7-9-19)10-18(33)11-17-5-4-15(2)20(12-17)25(26,27)28/h4-9,12-14,21H,3,10-11H2,1-2H3,(H2,29,34)(H,30,31,32). The average Bonchev–Trinajstić information content (AvgIpc) is 2.79. The molecule has 0 bridgehead atoms. The van der Waals surface area contributed by atoms with Crippen molar-refractivity contribution in [3.63, 3.8) is 0 Å². The van der Waals surface area contributed by atoms with Gasteiger partial charge in [0.2, 0.25) is 11.8 Å². The summed E-state index contributed by atoms with van der Waals surface area (Å²) in [7, 11) is 0.